The third kappa shape index (κ3) is 3.30. The molecule has 2 aromatic heterocycles. The van der Waals surface area contributed by atoms with Gasteiger partial charge in [-0.05, 0) is 24.3 Å². The van der Waals surface area contributed by atoms with E-state index in [1.807, 2.05) is 31.4 Å². The van der Waals surface area contributed by atoms with Gasteiger partial charge >= 0.3 is 0 Å². The zero-order chi connectivity index (χ0) is 18.1. The number of fused-ring (bicyclic) bond motifs is 1. The zero-order valence-electron chi connectivity index (χ0n) is 14.9. The monoisotopic (exact) mass is 352 g/mol. The lowest BCUT2D eigenvalue weighted by Gasteiger charge is -2.27. The number of benzene rings is 1. The molecule has 0 bridgehead atoms. The molecule has 6 nitrogen and oxygen atoms in total. The standard InChI is InChI=1S/C19H21FN6/c1-25(2)19-21-9-13(10-22-19)11-26-8-7-17-16(12-26)18(24-23-17)14-3-5-15(20)6-4-14/h3-6,9-10H,7-8,11-12H2,1-2H3,(H,23,24). The maximum absolute atomic E-state index is 13.2. The van der Waals surface area contributed by atoms with E-state index in [9.17, 15) is 4.39 Å². The van der Waals surface area contributed by atoms with Gasteiger partial charge < -0.3 is 4.90 Å². The Morgan fingerprint density at radius 3 is 2.58 bits per heavy atom. The molecule has 1 aliphatic rings. The van der Waals surface area contributed by atoms with Gasteiger partial charge in [-0.15, -0.1) is 0 Å². The summed E-state index contributed by atoms with van der Waals surface area (Å²) in [5.74, 6) is 0.476. The number of anilines is 1. The van der Waals surface area contributed by atoms with E-state index < -0.39 is 0 Å². The average Bonchev–Trinajstić information content (AvgIpc) is 3.06. The van der Waals surface area contributed by atoms with Gasteiger partial charge in [0.1, 0.15) is 5.82 Å². The first-order chi connectivity index (χ1) is 12.6. The van der Waals surface area contributed by atoms with E-state index in [1.54, 1.807) is 12.1 Å². The summed E-state index contributed by atoms with van der Waals surface area (Å²) >= 11 is 0. The van der Waals surface area contributed by atoms with Crippen LogP contribution in [-0.4, -0.2) is 45.7 Å². The highest BCUT2D eigenvalue weighted by Crippen LogP contribution is 2.29. The number of rotatable bonds is 4. The van der Waals surface area contributed by atoms with Gasteiger partial charge in [0.25, 0.3) is 0 Å². The zero-order valence-corrected chi connectivity index (χ0v) is 14.9. The van der Waals surface area contributed by atoms with Crippen LogP contribution in [-0.2, 0) is 19.5 Å². The number of hydrogen-bond donors (Lipinski definition) is 1. The predicted molar refractivity (Wildman–Crippen MR) is 98.2 cm³/mol. The molecule has 1 N–H and O–H groups in total. The van der Waals surface area contributed by atoms with Gasteiger partial charge in [0, 0.05) is 74.9 Å². The molecule has 0 amide bonds. The third-order valence-corrected chi connectivity index (χ3v) is 4.63. The molecule has 1 aromatic carbocycles. The van der Waals surface area contributed by atoms with Gasteiger partial charge in [-0.2, -0.15) is 5.10 Å². The molecule has 0 saturated carbocycles. The molecule has 3 aromatic rings. The van der Waals surface area contributed by atoms with Crippen LogP contribution in [0.15, 0.2) is 36.7 Å². The summed E-state index contributed by atoms with van der Waals surface area (Å²) in [6, 6.07) is 6.50. The van der Waals surface area contributed by atoms with E-state index in [0.717, 1.165) is 42.9 Å². The lowest BCUT2D eigenvalue weighted by atomic mass is 10.0. The van der Waals surface area contributed by atoms with Crippen molar-refractivity contribution in [3.8, 4) is 11.3 Å². The van der Waals surface area contributed by atoms with Crippen molar-refractivity contribution in [3.05, 3.63) is 59.3 Å². The molecule has 3 heterocycles. The molecule has 0 atom stereocenters. The van der Waals surface area contributed by atoms with Crippen molar-refractivity contribution in [3.63, 3.8) is 0 Å². The van der Waals surface area contributed by atoms with Gasteiger partial charge in [-0.1, -0.05) is 0 Å². The molecule has 0 radical (unpaired) electrons. The second kappa shape index (κ2) is 6.84. The minimum Gasteiger partial charge on any atom is -0.347 e. The van der Waals surface area contributed by atoms with Crippen LogP contribution in [0.1, 0.15) is 16.8 Å². The number of H-pyrrole nitrogens is 1. The van der Waals surface area contributed by atoms with E-state index in [0.29, 0.717) is 5.95 Å². The fraction of sp³-hybridized carbons (Fsp3) is 0.316. The summed E-state index contributed by atoms with van der Waals surface area (Å²) < 4.78 is 13.2. The lowest BCUT2D eigenvalue weighted by Crippen LogP contribution is -2.30. The Morgan fingerprint density at radius 2 is 1.88 bits per heavy atom. The molecule has 0 saturated heterocycles. The fourth-order valence-corrected chi connectivity index (χ4v) is 3.25. The second-order valence-corrected chi connectivity index (χ2v) is 6.78. The molecule has 0 aliphatic carbocycles. The number of halogens is 1. The van der Waals surface area contributed by atoms with Gasteiger partial charge in [0.15, 0.2) is 0 Å². The maximum atomic E-state index is 13.2. The normalized spacial score (nSPS) is 14.3. The van der Waals surface area contributed by atoms with E-state index in [2.05, 4.69) is 25.1 Å². The first-order valence-electron chi connectivity index (χ1n) is 8.63. The van der Waals surface area contributed by atoms with Crippen molar-refractivity contribution in [2.24, 2.45) is 0 Å². The van der Waals surface area contributed by atoms with Gasteiger partial charge in [-0.3, -0.25) is 10.00 Å². The van der Waals surface area contributed by atoms with Crippen molar-refractivity contribution >= 4 is 5.95 Å². The van der Waals surface area contributed by atoms with E-state index >= 15 is 0 Å². The van der Waals surface area contributed by atoms with Crippen LogP contribution < -0.4 is 4.90 Å². The number of nitrogens with one attached hydrogen (secondary N) is 1. The second-order valence-electron chi connectivity index (χ2n) is 6.78. The molecular weight excluding hydrogens is 331 g/mol. The summed E-state index contributed by atoms with van der Waals surface area (Å²) in [5, 5.41) is 7.61. The Morgan fingerprint density at radius 1 is 1.15 bits per heavy atom. The summed E-state index contributed by atoms with van der Waals surface area (Å²) in [7, 11) is 3.86. The molecule has 4 rings (SSSR count). The molecular formula is C19H21FN6. The van der Waals surface area contributed by atoms with Crippen molar-refractivity contribution < 1.29 is 4.39 Å². The minimum atomic E-state index is -0.235. The summed E-state index contributed by atoms with van der Waals surface area (Å²) in [6.45, 7) is 2.54. The van der Waals surface area contributed by atoms with Crippen LogP contribution in [0.3, 0.4) is 0 Å². The first-order valence-corrected chi connectivity index (χ1v) is 8.63. The number of aromatic nitrogens is 4. The Labute approximate surface area is 151 Å². The summed E-state index contributed by atoms with van der Waals surface area (Å²) in [5.41, 5.74) is 5.28. The SMILES string of the molecule is CN(C)c1ncc(CN2CCc3[nH]nc(-c4ccc(F)cc4)c3C2)cn1. The van der Waals surface area contributed by atoms with Crippen molar-refractivity contribution in [1.29, 1.82) is 0 Å². The number of aromatic amines is 1. The van der Waals surface area contributed by atoms with Crippen molar-refractivity contribution in [1.82, 2.24) is 25.1 Å². The van der Waals surface area contributed by atoms with Crippen LogP contribution in [0, 0.1) is 5.82 Å². The fourth-order valence-electron chi connectivity index (χ4n) is 3.25. The first kappa shape index (κ1) is 16.7. The highest BCUT2D eigenvalue weighted by Gasteiger charge is 2.23. The Hall–Kier alpha value is -2.80. The quantitative estimate of drug-likeness (QED) is 0.782. The summed E-state index contributed by atoms with van der Waals surface area (Å²) in [4.78, 5) is 13.0. The van der Waals surface area contributed by atoms with Gasteiger partial charge in [0.05, 0.1) is 5.69 Å². The molecule has 0 fully saturated rings. The summed E-state index contributed by atoms with van der Waals surface area (Å²) in [6.07, 6.45) is 4.68. The molecule has 1 aliphatic heterocycles. The molecule has 0 unspecified atom stereocenters. The van der Waals surface area contributed by atoms with Crippen LogP contribution in [0.2, 0.25) is 0 Å². The Balaban J connectivity index is 1.52. The highest BCUT2D eigenvalue weighted by atomic mass is 19.1. The van der Waals surface area contributed by atoms with E-state index in [-0.39, 0.29) is 5.82 Å². The maximum Gasteiger partial charge on any atom is 0.224 e. The number of nitrogens with zero attached hydrogens (tertiary/aromatic N) is 5. The Bertz CT molecular complexity index is 885. The smallest absolute Gasteiger partial charge is 0.224 e. The molecule has 0 spiro atoms. The van der Waals surface area contributed by atoms with Crippen LogP contribution in [0.5, 0.6) is 0 Å². The van der Waals surface area contributed by atoms with Crippen LogP contribution in [0.4, 0.5) is 10.3 Å². The third-order valence-electron chi connectivity index (χ3n) is 4.63. The lowest BCUT2D eigenvalue weighted by molar-refractivity contribution is 0.244. The minimum absolute atomic E-state index is 0.235. The van der Waals surface area contributed by atoms with Crippen molar-refractivity contribution in [2.45, 2.75) is 19.5 Å². The van der Waals surface area contributed by atoms with E-state index in [1.165, 1.54) is 23.4 Å². The molecule has 26 heavy (non-hydrogen) atoms. The molecule has 134 valence electrons. The van der Waals surface area contributed by atoms with Crippen molar-refractivity contribution in [2.75, 3.05) is 25.5 Å². The Kier molecular flexibility index (Phi) is 4.38. The number of hydrogen-bond acceptors (Lipinski definition) is 5. The predicted octanol–water partition coefficient (Wildman–Crippen LogP) is 2.63. The van der Waals surface area contributed by atoms with Crippen LogP contribution >= 0.6 is 0 Å². The average molecular weight is 352 g/mol. The molecule has 7 heteroatoms. The van der Waals surface area contributed by atoms with E-state index in [4.69, 9.17) is 0 Å². The van der Waals surface area contributed by atoms with Gasteiger partial charge in [-0.25, -0.2) is 14.4 Å². The topological polar surface area (TPSA) is 60.9 Å². The van der Waals surface area contributed by atoms with Crippen LogP contribution in [0.25, 0.3) is 11.3 Å². The largest absolute Gasteiger partial charge is 0.347 e. The highest BCUT2D eigenvalue weighted by molar-refractivity contribution is 5.64. The van der Waals surface area contributed by atoms with Gasteiger partial charge in [0.2, 0.25) is 5.95 Å².